The Balaban J connectivity index is 3.34. The molecule has 0 fully saturated rings. The molecule has 1 heterocycles. The van der Waals surface area contributed by atoms with Gasteiger partial charge in [-0.05, 0) is 6.92 Å². The smallest absolute Gasteiger partial charge is 0.342 e. The third-order valence-electron chi connectivity index (χ3n) is 1.80. The summed E-state index contributed by atoms with van der Waals surface area (Å²) in [7, 11) is 0. The maximum atomic E-state index is 12.7. The van der Waals surface area contributed by atoms with Gasteiger partial charge >= 0.3 is 5.97 Å². The van der Waals surface area contributed by atoms with Gasteiger partial charge in [0.1, 0.15) is 11.4 Å². The molecule has 1 aromatic rings. The fraction of sp³-hybridized carbons (Fsp3) is 0.333. The first-order valence-electron chi connectivity index (χ1n) is 4.38. The molecule has 0 aliphatic rings. The number of halogens is 3. The lowest BCUT2D eigenvalue weighted by Gasteiger charge is -2.11. The van der Waals surface area contributed by atoms with Gasteiger partial charge in [0.25, 0.3) is 6.43 Å². The van der Waals surface area contributed by atoms with E-state index in [9.17, 15) is 13.6 Å². The maximum absolute atomic E-state index is 12.7. The van der Waals surface area contributed by atoms with E-state index in [4.69, 9.17) is 17.3 Å². The Morgan fingerprint density at radius 3 is 2.81 bits per heavy atom. The van der Waals surface area contributed by atoms with Crippen molar-refractivity contribution in [3.8, 4) is 0 Å². The number of nitrogens with zero attached hydrogens (tertiary/aromatic N) is 1. The van der Waals surface area contributed by atoms with Crippen LogP contribution in [-0.2, 0) is 4.74 Å². The Hall–Kier alpha value is -1.43. The number of nitrogens with two attached hydrogens (primary N) is 1. The van der Waals surface area contributed by atoms with E-state index in [1.807, 2.05) is 0 Å². The first-order chi connectivity index (χ1) is 7.49. The predicted octanol–water partition coefficient (Wildman–Crippen LogP) is 2.43. The van der Waals surface area contributed by atoms with Crippen molar-refractivity contribution < 1.29 is 18.3 Å². The molecule has 2 N–H and O–H groups in total. The molecule has 0 aliphatic heterocycles. The van der Waals surface area contributed by atoms with E-state index in [2.05, 4.69) is 9.72 Å². The average Bonchev–Trinajstić information content (AvgIpc) is 2.20. The lowest BCUT2D eigenvalue weighted by atomic mass is 10.1. The lowest BCUT2D eigenvalue weighted by Crippen LogP contribution is -2.13. The van der Waals surface area contributed by atoms with Crippen LogP contribution < -0.4 is 5.73 Å². The molecule has 1 rings (SSSR count). The van der Waals surface area contributed by atoms with Crippen molar-refractivity contribution in [1.29, 1.82) is 0 Å². The monoisotopic (exact) mass is 250 g/mol. The quantitative estimate of drug-likeness (QED) is 0.837. The molecule has 4 nitrogen and oxygen atoms in total. The molecular formula is C9H9ClF2N2O2. The zero-order chi connectivity index (χ0) is 12.3. The molecular weight excluding hydrogens is 242 g/mol. The van der Waals surface area contributed by atoms with Crippen LogP contribution in [0.5, 0.6) is 0 Å². The molecule has 7 heteroatoms. The first kappa shape index (κ1) is 12.6. The van der Waals surface area contributed by atoms with Crippen molar-refractivity contribution in [2.45, 2.75) is 13.3 Å². The number of hydrogen-bond acceptors (Lipinski definition) is 4. The Labute approximate surface area is 95.4 Å². The van der Waals surface area contributed by atoms with Gasteiger partial charge in [-0.2, -0.15) is 0 Å². The Bertz CT molecular complexity index is 413. The summed E-state index contributed by atoms with van der Waals surface area (Å²) >= 11 is 5.53. The van der Waals surface area contributed by atoms with Gasteiger partial charge in [0.05, 0.1) is 17.2 Å². The highest BCUT2D eigenvalue weighted by molar-refractivity contribution is 6.31. The largest absolute Gasteiger partial charge is 0.462 e. The lowest BCUT2D eigenvalue weighted by molar-refractivity contribution is 0.0516. The van der Waals surface area contributed by atoms with E-state index in [1.165, 1.54) is 0 Å². The zero-order valence-electron chi connectivity index (χ0n) is 8.34. The zero-order valence-corrected chi connectivity index (χ0v) is 9.09. The fourth-order valence-electron chi connectivity index (χ4n) is 1.15. The van der Waals surface area contributed by atoms with Gasteiger partial charge in [0.2, 0.25) is 0 Å². The third-order valence-corrected chi connectivity index (χ3v) is 2.10. The fourth-order valence-corrected chi connectivity index (χ4v) is 1.37. The molecule has 0 atom stereocenters. The van der Waals surface area contributed by atoms with Crippen LogP contribution in [0.3, 0.4) is 0 Å². The topological polar surface area (TPSA) is 65.2 Å². The normalized spacial score (nSPS) is 10.6. The van der Waals surface area contributed by atoms with Crippen LogP contribution in [0, 0.1) is 0 Å². The molecule has 0 aliphatic carbocycles. The molecule has 0 saturated carbocycles. The number of anilines is 1. The maximum Gasteiger partial charge on any atom is 0.342 e. The van der Waals surface area contributed by atoms with Crippen molar-refractivity contribution in [2.75, 3.05) is 12.3 Å². The van der Waals surface area contributed by atoms with Gasteiger partial charge in [0, 0.05) is 6.20 Å². The van der Waals surface area contributed by atoms with Crippen molar-refractivity contribution in [1.82, 2.24) is 4.98 Å². The van der Waals surface area contributed by atoms with E-state index in [0.29, 0.717) is 0 Å². The van der Waals surface area contributed by atoms with Gasteiger partial charge in [-0.25, -0.2) is 18.6 Å². The highest BCUT2D eigenvalue weighted by atomic mass is 35.5. The molecule has 0 saturated heterocycles. The second kappa shape index (κ2) is 5.07. The van der Waals surface area contributed by atoms with Crippen LogP contribution in [-0.4, -0.2) is 17.6 Å². The highest BCUT2D eigenvalue weighted by Gasteiger charge is 2.26. The standard InChI is InChI=1S/C9H9ClF2N2O2/c1-2-16-9(15)6-5(7(11)12)4(10)3-14-8(6)13/h3,7H,2H2,1H3,(H2,13,14). The molecule has 0 radical (unpaired) electrons. The van der Waals surface area contributed by atoms with Gasteiger partial charge in [0.15, 0.2) is 0 Å². The van der Waals surface area contributed by atoms with Gasteiger partial charge in [-0.3, -0.25) is 0 Å². The molecule has 1 aromatic heterocycles. The van der Waals surface area contributed by atoms with Crippen molar-refractivity contribution in [2.24, 2.45) is 0 Å². The second-order valence-electron chi connectivity index (χ2n) is 2.80. The summed E-state index contributed by atoms with van der Waals surface area (Å²) in [4.78, 5) is 14.9. The minimum atomic E-state index is -2.92. The SMILES string of the molecule is CCOC(=O)c1c(N)ncc(Cl)c1C(F)F. The van der Waals surface area contributed by atoms with E-state index < -0.39 is 23.5 Å². The average molecular weight is 251 g/mol. The van der Waals surface area contributed by atoms with Gasteiger partial charge in [-0.15, -0.1) is 0 Å². The number of ether oxygens (including phenoxy) is 1. The van der Waals surface area contributed by atoms with Gasteiger partial charge < -0.3 is 10.5 Å². The van der Waals surface area contributed by atoms with Gasteiger partial charge in [-0.1, -0.05) is 11.6 Å². The minimum Gasteiger partial charge on any atom is -0.462 e. The number of nitrogen functional groups attached to an aromatic ring is 1. The van der Waals surface area contributed by atoms with E-state index >= 15 is 0 Å². The first-order valence-corrected chi connectivity index (χ1v) is 4.76. The number of carbonyl (C=O) groups is 1. The second-order valence-corrected chi connectivity index (χ2v) is 3.21. The molecule has 16 heavy (non-hydrogen) atoms. The predicted molar refractivity (Wildman–Crippen MR) is 54.6 cm³/mol. The molecule has 0 unspecified atom stereocenters. The summed E-state index contributed by atoms with van der Waals surface area (Å²) in [6.45, 7) is 1.60. The number of aromatic nitrogens is 1. The van der Waals surface area contributed by atoms with E-state index in [0.717, 1.165) is 6.20 Å². The third kappa shape index (κ3) is 2.38. The summed E-state index contributed by atoms with van der Waals surface area (Å²) in [5.74, 6) is -1.27. The molecule has 88 valence electrons. The summed E-state index contributed by atoms with van der Waals surface area (Å²) in [6.07, 6.45) is -1.95. The molecule has 0 aromatic carbocycles. The van der Waals surface area contributed by atoms with E-state index in [1.54, 1.807) is 6.92 Å². The van der Waals surface area contributed by atoms with Crippen LogP contribution in [0.1, 0.15) is 29.3 Å². The minimum absolute atomic E-state index is 0.0491. The van der Waals surface area contributed by atoms with Crippen molar-refractivity contribution in [3.63, 3.8) is 0 Å². The molecule has 0 spiro atoms. The Morgan fingerprint density at radius 1 is 1.69 bits per heavy atom. The molecule has 0 amide bonds. The van der Waals surface area contributed by atoms with Crippen molar-refractivity contribution >= 4 is 23.4 Å². The number of hydrogen-bond donors (Lipinski definition) is 1. The Kier molecular flexibility index (Phi) is 4.00. The number of rotatable bonds is 3. The number of carbonyl (C=O) groups excluding carboxylic acids is 1. The number of pyridine rings is 1. The van der Waals surface area contributed by atoms with Crippen LogP contribution in [0.15, 0.2) is 6.20 Å². The van der Waals surface area contributed by atoms with E-state index in [-0.39, 0.29) is 17.4 Å². The highest BCUT2D eigenvalue weighted by Crippen LogP contribution is 2.32. The van der Waals surface area contributed by atoms with Crippen LogP contribution in [0.4, 0.5) is 14.6 Å². The number of alkyl halides is 2. The molecule has 0 bridgehead atoms. The van der Waals surface area contributed by atoms with Crippen molar-refractivity contribution in [3.05, 3.63) is 22.3 Å². The summed E-state index contributed by atoms with van der Waals surface area (Å²) < 4.78 is 30.0. The van der Waals surface area contributed by atoms with Crippen LogP contribution in [0.2, 0.25) is 5.02 Å². The number of esters is 1. The summed E-state index contributed by atoms with van der Waals surface area (Å²) in [5.41, 5.74) is 4.24. The van der Waals surface area contributed by atoms with Crippen LogP contribution >= 0.6 is 11.6 Å². The summed E-state index contributed by atoms with van der Waals surface area (Å²) in [6, 6.07) is 0. The Morgan fingerprint density at radius 2 is 2.31 bits per heavy atom. The van der Waals surface area contributed by atoms with Crippen LogP contribution in [0.25, 0.3) is 0 Å². The summed E-state index contributed by atoms with van der Waals surface area (Å²) in [5, 5.41) is -0.313.